The summed E-state index contributed by atoms with van der Waals surface area (Å²) in [4.78, 5) is 2.35. The molecule has 1 unspecified atom stereocenters. The van der Waals surface area contributed by atoms with Gasteiger partial charge in [0.1, 0.15) is 0 Å². The van der Waals surface area contributed by atoms with Crippen LogP contribution in [0.5, 0.6) is 0 Å². The van der Waals surface area contributed by atoms with Gasteiger partial charge in [0.15, 0.2) is 0 Å². The summed E-state index contributed by atoms with van der Waals surface area (Å²) in [6.07, 6.45) is 4.50. The van der Waals surface area contributed by atoms with Crippen molar-refractivity contribution < 1.29 is 0 Å². The first kappa shape index (κ1) is 9.01. The molecule has 0 radical (unpaired) electrons. The van der Waals surface area contributed by atoms with E-state index < -0.39 is 0 Å². The molecular weight excluding hydrogens is 136 g/mol. The predicted octanol–water partition coefficient (Wildman–Crippen LogP) is 1.08. The van der Waals surface area contributed by atoms with Crippen molar-refractivity contribution in [1.82, 2.24) is 10.2 Å². The van der Waals surface area contributed by atoms with Crippen LogP contribution < -0.4 is 5.32 Å². The summed E-state index contributed by atoms with van der Waals surface area (Å²) in [5.41, 5.74) is 0. The molecule has 2 heteroatoms. The van der Waals surface area contributed by atoms with E-state index in [1.807, 2.05) is 0 Å². The minimum Gasteiger partial charge on any atom is -0.312 e. The van der Waals surface area contributed by atoms with E-state index in [4.69, 9.17) is 0 Å². The van der Waals surface area contributed by atoms with Crippen LogP contribution in [0, 0.1) is 0 Å². The van der Waals surface area contributed by atoms with Gasteiger partial charge in [0.25, 0.3) is 0 Å². The first-order valence-electron chi connectivity index (χ1n) is 4.71. The van der Waals surface area contributed by atoms with Crippen molar-refractivity contribution in [2.24, 2.45) is 0 Å². The lowest BCUT2D eigenvalue weighted by atomic mass is 10.2. The molecule has 0 aromatic carbocycles. The first-order chi connectivity index (χ1) is 5.29. The second kappa shape index (κ2) is 4.73. The number of hydrogen-bond acceptors (Lipinski definition) is 2. The molecule has 2 aliphatic rings. The van der Waals surface area contributed by atoms with Gasteiger partial charge in [-0.25, -0.2) is 0 Å². The molecule has 11 heavy (non-hydrogen) atoms. The van der Waals surface area contributed by atoms with Crippen molar-refractivity contribution in [3.05, 3.63) is 0 Å². The third-order valence-electron chi connectivity index (χ3n) is 1.93. The lowest BCUT2D eigenvalue weighted by Crippen LogP contribution is -2.47. The van der Waals surface area contributed by atoms with Crippen molar-refractivity contribution >= 4 is 0 Å². The highest BCUT2D eigenvalue weighted by atomic mass is 15.2. The Kier molecular flexibility index (Phi) is 3.87. The Morgan fingerprint density at radius 3 is 2.18 bits per heavy atom. The third-order valence-corrected chi connectivity index (χ3v) is 1.93. The van der Waals surface area contributed by atoms with E-state index in [9.17, 15) is 0 Å². The van der Waals surface area contributed by atoms with Gasteiger partial charge in [0, 0.05) is 25.7 Å². The molecule has 1 aliphatic heterocycles. The largest absolute Gasteiger partial charge is 0.312 e. The van der Waals surface area contributed by atoms with Crippen LogP contribution in [0.15, 0.2) is 0 Å². The molecule has 0 amide bonds. The maximum Gasteiger partial charge on any atom is 0.0167 e. The highest BCUT2D eigenvalue weighted by molar-refractivity contribution is 4.71. The van der Waals surface area contributed by atoms with Crippen molar-refractivity contribution in [1.29, 1.82) is 0 Å². The summed E-state index contributed by atoms with van der Waals surface area (Å²) < 4.78 is 0. The molecule has 1 saturated heterocycles. The summed E-state index contributed by atoms with van der Waals surface area (Å²) in [6.45, 7) is 5.76. The molecule has 0 bridgehead atoms. The van der Waals surface area contributed by atoms with Crippen molar-refractivity contribution in [3.63, 3.8) is 0 Å². The maximum atomic E-state index is 3.37. The summed E-state index contributed by atoms with van der Waals surface area (Å²) in [7, 11) is 2.16. The molecule has 1 heterocycles. The Bertz CT molecular complexity index is 91.0. The molecule has 0 spiro atoms. The third kappa shape index (κ3) is 5.22. The van der Waals surface area contributed by atoms with Gasteiger partial charge in [0.2, 0.25) is 0 Å². The minimum absolute atomic E-state index is 0.689. The van der Waals surface area contributed by atoms with Gasteiger partial charge in [-0.2, -0.15) is 0 Å². The number of hydrogen-bond donors (Lipinski definition) is 1. The standard InChI is InChI=1S/C6H14N2.C3H6/c1-6-5-8(2)4-3-7-6;1-2-3-1/h6-7H,3-5H2,1-2H3;1-3H2. The Morgan fingerprint density at radius 1 is 1.27 bits per heavy atom. The molecule has 1 aliphatic carbocycles. The van der Waals surface area contributed by atoms with Crippen molar-refractivity contribution in [3.8, 4) is 0 Å². The molecular formula is C9H20N2. The quantitative estimate of drug-likeness (QED) is 0.564. The molecule has 66 valence electrons. The number of rotatable bonds is 0. The van der Waals surface area contributed by atoms with Gasteiger partial charge < -0.3 is 10.2 Å². The zero-order valence-electron chi connectivity index (χ0n) is 7.77. The van der Waals surface area contributed by atoms with E-state index in [1.165, 1.54) is 32.4 Å². The Balaban J connectivity index is 0.000000167. The van der Waals surface area contributed by atoms with Crippen LogP contribution in [0.3, 0.4) is 0 Å². The second-order valence-corrected chi connectivity index (χ2v) is 3.68. The lowest BCUT2D eigenvalue weighted by Gasteiger charge is -2.28. The molecule has 0 aromatic rings. The monoisotopic (exact) mass is 156 g/mol. The lowest BCUT2D eigenvalue weighted by molar-refractivity contribution is 0.248. The van der Waals surface area contributed by atoms with E-state index >= 15 is 0 Å². The minimum atomic E-state index is 0.689. The zero-order valence-corrected chi connectivity index (χ0v) is 7.77. The normalized spacial score (nSPS) is 30.5. The number of likely N-dealkylation sites (N-methyl/N-ethyl adjacent to an activating group) is 1. The van der Waals surface area contributed by atoms with Crippen molar-refractivity contribution in [2.45, 2.75) is 32.2 Å². The van der Waals surface area contributed by atoms with Crippen LogP contribution in [0.25, 0.3) is 0 Å². The molecule has 2 rings (SSSR count). The van der Waals surface area contributed by atoms with E-state index in [-0.39, 0.29) is 0 Å². The van der Waals surface area contributed by atoms with Gasteiger partial charge in [-0.15, -0.1) is 0 Å². The summed E-state index contributed by atoms with van der Waals surface area (Å²) in [5.74, 6) is 0. The molecule has 0 aromatic heterocycles. The van der Waals surface area contributed by atoms with Crippen LogP contribution in [0.2, 0.25) is 0 Å². The van der Waals surface area contributed by atoms with E-state index in [2.05, 4.69) is 24.2 Å². The van der Waals surface area contributed by atoms with E-state index in [1.54, 1.807) is 0 Å². The second-order valence-electron chi connectivity index (χ2n) is 3.68. The SMILES string of the molecule is C1CC1.CC1CN(C)CCN1. The van der Waals surface area contributed by atoms with Gasteiger partial charge >= 0.3 is 0 Å². The Hall–Kier alpha value is -0.0800. The Morgan fingerprint density at radius 2 is 1.91 bits per heavy atom. The zero-order chi connectivity index (χ0) is 8.10. The van der Waals surface area contributed by atoms with Crippen LogP contribution >= 0.6 is 0 Å². The summed E-state index contributed by atoms with van der Waals surface area (Å²) in [6, 6.07) is 0.689. The molecule has 2 nitrogen and oxygen atoms in total. The van der Waals surface area contributed by atoms with Crippen LogP contribution in [0.4, 0.5) is 0 Å². The fourth-order valence-corrected chi connectivity index (χ4v) is 1.13. The first-order valence-corrected chi connectivity index (χ1v) is 4.71. The average Bonchev–Trinajstić information content (AvgIpc) is 2.69. The van der Waals surface area contributed by atoms with E-state index in [0.717, 1.165) is 6.54 Å². The molecule has 1 N–H and O–H groups in total. The molecule has 2 fully saturated rings. The maximum absolute atomic E-state index is 3.37. The number of piperazine rings is 1. The highest BCUT2D eigenvalue weighted by Gasteiger charge is 2.09. The van der Waals surface area contributed by atoms with Gasteiger partial charge in [-0.1, -0.05) is 19.3 Å². The fourth-order valence-electron chi connectivity index (χ4n) is 1.13. The Labute approximate surface area is 70.0 Å². The van der Waals surface area contributed by atoms with Crippen LogP contribution in [-0.4, -0.2) is 37.6 Å². The fraction of sp³-hybridized carbons (Fsp3) is 1.00. The van der Waals surface area contributed by atoms with Gasteiger partial charge in [-0.05, 0) is 14.0 Å². The predicted molar refractivity (Wildman–Crippen MR) is 48.8 cm³/mol. The van der Waals surface area contributed by atoms with E-state index in [0.29, 0.717) is 6.04 Å². The smallest absolute Gasteiger partial charge is 0.0167 e. The van der Waals surface area contributed by atoms with Crippen molar-refractivity contribution in [2.75, 3.05) is 26.7 Å². The summed E-state index contributed by atoms with van der Waals surface area (Å²) in [5, 5.41) is 3.37. The van der Waals surface area contributed by atoms with Gasteiger partial charge in [0.05, 0.1) is 0 Å². The topological polar surface area (TPSA) is 15.3 Å². The van der Waals surface area contributed by atoms with Crippen LogP contribution in [0.1, 0.15) is 26.2 Å². The molecule has 1 saturated carbocycles. The number of nitrogens with zero attached hydrogens (tertiary/aromatic N) is 1. The highest BCUT2D eigenvalue weighted by Crippen LogP contribution is 2.14. The summed E-state index contributed by atoms with van der Waals surface area (Å²) >= 11 is 0. The number of nitrogens with one attached hydrogen (secondary N) is 1. The average molecular weight is 156 g/mol. The molecule has 1 atom stereocenters. The van der Waals surface area contributed by atoms with Crippen LogP contribution in [-0.2, 0) is 0 Å². The van der Waals surface area contributed by atoms with Gasteiger partial charge in [-0.3, -0.25) is 0 Å².